The van der Waals surface area contributed by atoms with Crippen LogP contribution in [0.25, 0.3) is 0 Å². The Hall–Kier alpha value is -1.45. The molecule has 1 N–H and O–H groups in total. The molecule has 1 aromatic rings. The number of aromatic nitrogens is 1. The predicted octanol–water partition coefficient (Wildman–Crippen LogP) is -0.710. The molecule has 1 saturated heterocycles. The molecule has 0 unspecified atom stereocenters. The monoisotopic (exact) mass is 316 g/mol. The second kappa shape index (κ2) is 6.54. The van der Waals surface area contributed by atoms with Gasteiger partial charge in [-0.05, 0) is 6.92 Å². The van der Waals surface area contributed by atoms with Gasteiger partial charge in [-0.3, -0.25) is 9.69 Å². The SMILES string of the molecule is Cc1cc(C(=O)NCCN2CCN(S(C)(=O)=O)CC2)no1. The summed E-state index contributed by atoms with van der Waals surface area (Å²) >= 11 is 0. The zero-order valence-electron chi connectivity index (χ0n) is 12.2. The summed E-state index contributed by atoms with van der Waals surface area (Å²) in [5.41, 5.74) is 0.273. The van der Waals surface area contributed by atoms with Gasteiger partial charge in [-0.2, -0.15) is 4.31 Å². The fourth-order valence-corrected chi connectivity index (χ4v) is 3.00. The van der Waals surface area contributed by atoms with Crippen molar-refractivity contribution in [2.45, 2.75) is 6.92 Å². The molecule has 0 spiro atoms. The molecule has 0 saturated carbocycles. The van der Waals surface area contributed by atoms with Gasteiger partial charge in [0.2, 0.25) is 10.0 Å². The number of rotatable bonds is 5. The van der Waals surface area contributed by atoms with Crippen molar-refractivity contribution in [1.29, 1.82) is 0 Å². The number of sulfonamides is 1. The highest BCUT2D eigenvalue weighted by Crippen LogP contribution is 2.05. The van der Waals surface area contributed by atoms with Crippen molar-refractivity contribution in [3.05, 3.63) is 17.5 Å². The lowest BCUT2D eigenvalue weighted by Gasteiger charge is -2.33. The van der Waals surface area contributed by atoms with Gasteiger partial charge in [0.15, 0.2) is 5.69 Å². The van der Waals surface area contributed by atoms with Crippen LogP contribution in [0, 0.1) is 6.92 Å². The van der Waals surface area contributed by atoms with Gasteiger partial charge < -0.3 is 9.84 Å². The van der Waals surface area contributed by atoms with Gasteiger partial charge in [0, 0.05) is 45.3 Å². The van der Waals surface area contributed by atoms with Crippen LogP contribution >= 0.6 is 0 Å². The van der Waals surface area contributed by atoms with E-state index in [1.807, 2.05) is 0 Å². The maximum atomic E-state index is 11.7. The number of piperazine rings is 1. The number of nitrogens with zero attached hydrogens (tertiary/aromatic N) is 3. The van der Waals surface area contributed by atoms with Crippen LogP contribution in [0.5, 0.6) is 0 Å². The Kier molecular flexibility index (Phi) is 4.96. The van der Waals surface area contributed by atoms with E-state index in [0.717, 1.165) is 0 Å². The van der Waals surface area contributed by atoms with E-state index in [1.54, 1.807) is 13.0 Å². The summed E-state index contributed by atoms with van der Waals surface area (Å²) in [7, 11) is -3.10. The molecule has 0 aliphatic carbocycles. The van der Waals surface area contributed by atoms with Gasteiger partial charge in [0.1, 0.15) is 5.76 Å². The van der Waals surface area contributed by atoms with Crippen LogP contribution in [0.15, 0.2) is 10.6 Å². The van der Waals surface area contributed by atoms with Crippen molar-refractivity contribution >= 4 is 15.9 Å². The second-order valence-electron chi connectivity index (χ2n) is 5.08. The Bertz CT molecular complexity index is 590. The lowest BCUT2D eigenvalue weighted by molar-refractivity contribution is 0.0936. The van der Waals surface area contributed by atoms with Crippen LogP contribution in [0.3, 0.4) is 0 Å². The number of nitrogens with one attached hydrogen (secondary N) is 1. The Morgan fingerprint density at radius 1 is 1.38 bits per heavy atom. The van der Waals surface area contributed by atoms with E-state index in [1.165, 1.54) is 10.6 Å². The van der Waals surface area contributed by atoms with Crippen molar-refractivity contribution < 1.29 is 17.7 Å². The first-order chi connectivity index (χ1) is 9.86. The molecule has 0 bridgehead atoms. The summed E-state index contributed by atoms with van der Waals surface area (Å²) in [5.74, 6) is 0.332. The van der Waals surface area contributed by atoms with Crippen LogP contribution in [0.2, 0.25) is 0 Å². The molecule has 0 aromatic carbocycles. The molecule has 118 valence electrons. The topological polar surface area (TPSA) is 95.8 Å². The predicted molar refractivity (Wildman–Crippen MR) is 76.4 cm³/mol. The average Bonchev–Trinajstić information content (AvgIpc) is 2.85. The highest BCUT2D eigenvalue weighted by atomic mass is 32.2. The third-order valence-corrected chi connectivity index (χ3v) is 4.68. The van der Waals surface area contributed by atoms with Crippen LogP contribution in [0.4, 0.5) is 0 Å². The molecule has 2 rings (SSSR count). The summed E-state index contributed by atoms with van der Waals surface area (Å²) in [6, 6.07) is 1.58. The highest BCUT2D eigenvalue weighted by molar-refractivity contribution is 7.88. The molecule has 1 aliphatic heterocycles. The van der Waals surface area contributed by atoms with Gasteiger partial charge in [0.25, 0.3) is 5.91 Å². The van der Waals surface area contributed by atoms with E-state index in [4.69, 9.17) is 4.52 Å². The zero-order chi connectivity index (χ0) is 15.5. The van der Waals surface area contributed by atoms with E-state index < -0.39 is 10.0 Å². The largest absolute Gasteiger partial charge is 0.361 e. The number of amides is 1. The maximum absolute atomic E-state index is 11.7. The molecule has 2 heterocycles. The van der Waals surface area contributed by atoms with Crippen LogP contribution in [-0.2, 0) is 10.0 Å². The van der Waals surface area contributed by atoms with Gasteiger partial charge in [0.05, 0.1) is 6.26 Å². The first kappa shape index (κ1) is 15.9. The number of hydrogen-bond acceptors (Lipinski definition) is 6. The Morgan fingerprint density at radius 2 is 2.05 bits per heavy atom. The van der Waals surface area contributed by atoms with Crippen molar-refractivity contribution in [3.63, 3.8) is 0 Å². The molecule has 1 fully saturated rings. The second-order valence-corrected chi connectivity index (χ2v) is 7.06. The summed E-state index contributed by atoms with van der Waals surface area (Å²) < 4.78 is 29.1. The molecule has 21 heavy (non-hydrogen) atoms. The number of hydrogen-bond donors (Lipinski definition) is 1. The standard InChI is InChI=1S/C12H20N4O4S/c1-10-9-11(14-20-10)12(17)13-3-4-15-5-7-16(8-6-15)21(2,18)19/h9H,3-8H2,1-2H3,(H,13,17). The number of carbonyl (C=O) groups is 1. The third-order valence-electron chi connectivity index (χ3n) is 3.37. The minimum atomic E-state index is -3.10. The third kappa shape index (κ3) is 4.51. The maximum Gasteiger partial charge on any atom is 0.273 e. The molecule has 9 heteroatoms. The van der Waals surface area contributed by atoms with Crippen molar-refractivity contribution in [1.82, 2.24) is 19.7 Å². The molecular weight excluding hydrogens is 296 g/mol. The average molecular weight is 316 g/mol. The van der Waals surface area contributed by atoms with Crippen LogP contribution < -0.4 is 5.32 Å². The number of carbonyl (C=O) groups excluding carboxylic acids is 1. The molecule has 1 aromatic heterocycles. The van der Waals surface area contributed by atoms with Gasteiger partial charge >= 0.3 is 0 Å². The highest BCUT2D eigenvalue weighted by Gasteiger charge is 2.23. The quantitative estimate of drug-likeness (QED) is 0.771. The van der Waals surface area contributed by atoms with Gasteiger partial charge in [-0.25, -0.2) is 8.42 Å². The Morgan fingerprint density at radius 3 is 2.57 bits per heavy atom. The lowest BCUT2D eigenvalue weighted by atomic mass is 10.3. The zero-order valence-corrected chi connectivity index (χ0v) is 13.0. The minimum Gasteiger partial charge on any atom is -0.361 e. The smallest absolute Gasteiger partial charge is 0.273 e. The number of aryl methyl sites for hydroxylation is 1. The van der Waals surface area contributed by atoms with Gasteiger partial charge in [-0.15, -0.1) is 0 Å². The molecule has 0 atom stereocenters. The van der Waals surface area contributed by atoms with Gasteiger partial charge in [-0.1, -0.05) is 5.16 Å². The Labute approximate surface area is 124 Å². The van der Waals surface area contributed by atoms with E-state index >= 15 is 0 Å². The van der Waals surface area contributed by atoms with E-state index in [9.17, 15) is 13.2 Å². The molecule has 1 amide bonds. The summed E-state index contributed by atoms with van der Waals surface area (Å²) in [6.07, 6.45) is 1.22. The molecule has 8 nitrogen and oxygen atoms in total. The summed E-state index contributed by atoms with van der Waals surface area (Å²) in [5, 5.41) is 6.41. The minimum absolute atomic E-state index is 0.262. The first-order valence-corrected chi connectivity index (χ1v) is 8.60. The van der Waals surface area contributed by atoms with E-state index in [2.05, 4.69) is 15.4 Å². The van der Waals surface area contributed by atoms with E-state index in [0.29, 0.717) is 45.0 Å². The fourth-order valence-electron chi connectivity index (χ4n) is 2.18. The Balaban J connectivity index is 1.70. The summed E-state index contributed by atoms with van der Waals surface area (Å²) in [6.45, 7) is 5.23. The van der Waals surface area contributed by atoms with Crippen LogP contribution in [-0.4, -0.2) is 74.2 Å². The molecule has 1 aliphatic rings. The van der Waals surface area contributed by atoms with E-state index in [-0.39, 0.29) is 11.6 Å². The van der Waals surface area contributed by atoms with Crippen LogP contribution in [0.1, 0.15) is 16.2 Å². The molecular formula is C12H20N4O4S. The van der Waals surface area contributed by atoms with Crippen molar-refractivity contribution in [2.75, 3.05) is 45.5 Å². The first-order valence-electron chi connectivity index (χ1n) is 6.75. The van der Waals surface area contributed by atoms with Crippen molar-refractivity contribution in [3.8, 4) is 0 Å². The molecule has 0 radical (unpaired) electrons. The fraction of sp³-hybridized carbons (Fsp3) is 0.667. The normalized spacial score (nSPS) is 17.8. The van der Waals surface area contributed by atoms with Crippen molar-refractivity contribution in [2.24, 2.45) is 0 Å². The lowest BCUT2D eigenvalue weighted by Crippen LogP contribution is -2.49. The summed E-state index contributed by atoms with van der Waals surface area (Å²) in [4.78, 5) is 13.9.